The molecule has 1 aliphatic heterocycles. The third-order valence-corrected chi connectivity index (χ3v) is 5.58. The van der Waals surface area contributed by atoms with Crippen LogP contribution in [0.4, 0.5) is 27.1 Å². The van der Waals surface area contributed by atoms with Crippen molar-refractivity contribution in [3.63, 3.8) is 0 Å². The lowest BCUT2D eigenvalue weighted by Gasteiger charge is -2.17. The van der Waals surface area contributed by atoms with Crippen LogP contribution in [-0.2, 0) is 0 Å². The van der Waals surface area contributed by atoms with Crippen molar-refractivity contribution >= 4 is 62.8 Å². The lowest BCUT2D eigenvalue weighted by atomic mass is 10.1. The predicted octanol–water partition coefficient (Wildman–Crippen LogP) is 6.07. The first kappa shape index (κ1) is 20.4. The number of furan rings is 1. The van der Waals surface area contributed by atoms with Gasteiger partial charge in [0.25, 0.3) is 5.91 Å². The van der Waals surface area contributed by atoms with Crippen molar-refractivity contribution in [1.29, 1.82) is 0 Å². The molecule has 4 N–H and O–H groups in total. The maximum Gasteiger partial charge on any atom is 0.259 e. The van der Waals surface area contributed by atoms with Crippen LogP contribution in [0.1, 0.15) is 16.1 Å². The van der Waals surface area contributed by atoms with Crippen LogP contribution in [0.25, 0.3) is 11.0 Å². The second-order valence-electron chi connectivity index (χ2n) is 7.25. The number of aryl methyl sites for hydroxylation is 1. The van der Waals surface area contributed by atoms with Gasteiger partial charge in [-0.2, -0.15) is 0 Å². The van der Waals surface area contributed by atoms with Gasteiger partial charge in [-0.1, -0.05) is 23.2 Å². The molecule has 32 heavy (non-hydrogen) atoms. The Morgan fingerprint density at radius 1 is 1.12 bits per heavy atom. The smallest absolute Gasteiger partial charge is 0.259 e. The lowest BCUT2D eigenvalue weighted by molar-refractivity contribution is 0.102. The molecule has 3 heterocycles. The van der Waals surface area contributed by atoms with Crippen molar-refractivity contribution in [3.8, 4) is 0 Å². The molecule has 2 aromatic heterocycles. The number of carbonyl (C=O) groups excluding carboxylic acids is 1. The molecular formula is C22H16Cl2FN5O2. The van der Waals surface area contributed by atoms with E-state index >= 15 is 0 Å². The molecule has 0 saturated carbocycles. The monoisotopic (exact) mass is 471 g/mol. The molecule has 0 saturated heterocycles. The Balaban J connectivity index is 1.48. The number of hydrogen-bond acceptors (Lipinski definition) is 6. The van der Waals surface area contributed by atoms with E-state index < -0.39 is 6.29 Å². The number of amides is 1. The minimum absolute atomic E-state index is 0.339. The molecule has 0 fully saturated rings. The molecule has 7 nitrogen and oxygen atoms in total. The third kappa shape index (κ3) is 3.68. The maximum atomic E-state index is 13.2. The lowest BCUT2D eigenvalue weighted by Crippen LogP contribution is -2.31. The van der Waals surface area contributed by atoms with Crippen LogP contribution in [0.2, 0.25) is 10.0 Å². The van der Waals surface area contributed by atoms with E-state index in [0.29, 0.717) is 44.0 Å². The summed E-state index contributed by atoms with van der Waals surface area (Å²) in [5.41, 5.74) is 3.24. The van der Waals surface area contributed by atoms with Gasteiger partial charge in [-0.25, -0.2) is 4.39 Å². The molecular weight excluding hydrogens is 456 g/mol. The standard InChI is InChI=1S/C22H16Cl2FN5O2/c1-10-6-13-18-17(28-22(29-18)30-19-15(23)8-26-9-16(19)24)7-14(20(13)32-10)21(31)27-12-4-2-11(25)3-5-12/h2-9,22,28-29H,1H3,(H,26,30)(H,27,31). The van der Waals surface area contributed by atoms with Crippen molar-refractivity contribution in [2.24, 2.45) is 0 Å². The van der Waals surface area contributed by atoms with E-state index in [1.165, 1.54) is 36.7 Å². The van der Waals surface area contributed by atoms with Crippen LogP contribution in [0.5, 0.6) is 0 Å². The molecule has 1 unspecified atom stereocenters. The summed E-state index contributed by atoms with van der Waals surface area (Å²) in [6, 6.07) is 9.10. The molecule has 0 bridgehead atoms. The largest absolute Gasteiger partial charge is 0.460 e. The van der Waals surface area contributed by atoms with Gasteiger partial charge in [0.15, 0.2) is 6.29 Å². The summed E-state index contributed by atoms with van der Waals surface area (Å²) in [5.74, 6) is -0.104. The fourth-order valence-corrected chi connectivity index (χ4v) is 4.07. The number of hydrogen-bond donors (Lipinski definition) is 4. The molecule has 2 aromatic carbocycles. The number of nitrogens with one attached hydrogen (secondary N) is 4. The second-order valence-corrected chi connectivity index (χ2v) is 8.07. The molecule has 1 atom stereocenters. The predicted molar refractivity (Wildman–Crippen MR) is 124 cm³/mol. The first-order chi connectivity index (χ1) is 15.4. The highest BCUT2D eigenvalue weighted by molar-refractivity contribution is 6.38. The Bertz CT molecular complexity index is 1340. The van der Waals surface area contributed by atoms with Crippen molar-refractivity contribution in [1.82, 2.24) is 4.98 Å². The molecule has 162 valence electrons. The van der Waals surface area contributed by atoms with Crippen LogP contribution >= 0.6 is 23.2 Å². The number of rotatable bonds is 4. The van der Waals surface area contributed by atoms with E-state index in [9.17, 15) is 9.18 Å². The Hall–Kier alpha value is -3.49. The van der Waals surface area contributed by atoms with Crippen molar-refractivity contribution in [3.05, 3.63) is 76.0 Å². The first-order valence-corrected chi connectivity index (χ1v) is 10.4. The van der Waals surface area contributed by atoms with Crippen molar-refractivity contribution in [2.45, 2.75) is 13.2 Å². The van der Waals surface area contributed by atoms with Gasteiger partial charge in [-0.05, 0) is 43.3 Å². The van der Waals surface area contributed by atoms with Crippen LogP contribution in [0.3, 0.4) is 0 Å². The van der Waals surface area contributed by atoms with Gasteiger partial charge in [0.1, 0.15) is 17.2 Å². The van der Waals surface area contributed by atoms with E-state index in [1.54, 1.807) is 6.07 Å². The number of aromatic nitrogens is 1. The Labute approximate surface area is 191 Å². The molecule has 0 spiro atoms. The fraction of sp³-hybridized carbons (Fsp3) is 0.0909. The van der Waals surface area contributed by atoms with E-state index in [0.717, 1.165) is 11.1 Å². The highest BCUT2D eigenvalue weighted by Crippen LogP contribution is 2.41. The SMILES string of the molecule is Cc1cc2c3c(cc(C(=O)Nc4ccc(F)cc4)c2o1)NC(Nc1c(Cl)cncc1Cl)N3. The van der Waals surface area contributed by atoms with Gasteiger partial charge in [0, 0.05) is 23.5 Å². The number of carbonyl (C=O) groups is 1. The van der Waals surface area contributed by atoms with Gasteiger partial charge in [-0.15, -0.1) is 0 Å². The fourth-order valence-electron chi connectivity index (χ4n) is 3.60. The molecule has 10 heteroatoms. The van der Waals surface area contributed by atoms with Crippen LogP contribution < -0.4 is 21.3 Å². The Kier molecular flexibility index (Phi) is 5.03. The van der Waals surface area contributed by atoms with Crippen molar-refractivity contribution < 1.29 is 13.6 Å². The summed E-state index contributed by atoms with van der Waals surface area (Å²) in [6.07, 6.45) is 2.54. The van der Waals surface area contributed by atoms with Gasteiger partial charge in [0.2, 0.25) is 0 Å². The molecule has 4 aromatic rings. The van der Waals surface area contributed by atoms with E-state index in [2.05, 4.69) is 26.3 Å². The Morgan fingerprint density at radius 2 is 1.84 bits per heavy atom. The zero-order valence-electron chi connectivity index (χ0n) is 16.6. The van der Waals surface area contributed by atoms with E-state index in [4.69, 9.17) is 27.6 Å². The van der Waals surface area contributed by atoms with E-state index in [-0.39, 0.29) is 11.7 Å². The summed E-state index contributed by atoms with van der Waals surface area (Å²) in [6.45, 7) is 1.81. The zero-order chi connectivity index (χ0) is 22.4. The third-order valence-electron chi connectivity index (χ3n) is 5.00. The summed E-state index contributed by atoms with van der Waals surface area (Å²) < 4.78 is 19.0. The quantitative estimate of drug-likeness (QED) is 0.288. The minimum Gasteiger partial charge on any atom is -0.460 e. The number of fused-ring (bicyclic) bond motifs is 3. The molecule has 1 amide bonds. The summed E-state index contributed by atoms with van der Waals surface area (Å²) in [7, 11) is 0. The summed E-state index contributed by atoms with van der Waals surface area (Å²) >= 11 is 12.4. The van der Waals surface area contributed by atoms with Crippen molar-refractivity contribution in [2.75, 3.05) is 21.3 Å². The van der Waals surface area contributed by atoms with Crippen LogP contribution in [0.15, 0.2) is 53.2 Å². The van der Waals surface area contributed by atoms with Gasteiger partial charge < -0.3 is 25.7 Å². The molecule has 0 radical (unpaired) electrons. The van der Waals surface area contributed by atoms with Gasteiger partial charge >= 0.3 is 0 Å². The summed E-state index contributed by atoms with van der Waals surface area (Å²) in [5, 5.41) is 14.1. The normalized spacial score (nSPS) is 14.6. The van der Waals surface area contributed by atoms with E-state index in [1.807, 2.05) is 13.0 Å². The number of halogens is 3. The second kappa shape index (κ2) is 7.89. The first-order valence-electron chi connectivity index (χ1n) is 9.62. The topological polar surface area (TPSA) is 91.2 Å². The highest BCUT2D eigenvalue weighted by Gasteiger charge is 2.28. The summed E-state index contributed by atoms with van der Waals surface area (Å²) in [4.78, 5) is 17.0. The van der Waals surface area contributed by atoms with Crippen LogP contribution in [0, 0.1) is 12.7 Å². The number of pyridine rings is 1. The number of benzene rings is 2. The van der Waals surface area contributed by atoms with Gasteiger partial charge in [-0.3, -0.25) is 9.78 Å². The highest BCUT2D eigenvalue weighted by atomic mass is 35.5. The van der Waals surface area contributed by atoms with Gasteiger partial charge in [0.05, 0.1) is 32.7 Å². The minimum atomic E-state index is -0.448. The Morgan fingerprint density at radius 3 is 2.56 bits per heavy atom. The maximum absolute atomic E-state index is 13.2. The molecule has 0 aliphatic carbocycles. The average Bonchev–Trinajstić information content (AvgIpc) is 3.34. The van der Waals surface area contributed by atoms with Crippen LogP contribution in [-0.4, -0.2) is 17.2 Å². The average molecular weight is 472 g/mol. The zero-order valence-corrected chi connectivity index (χ0v) is 18.1. The molecule has 1 aliphatic rings. The number of anilines is 4. The molecule has 5 rings (SSSR count). The number of nitrogens with zero attached hydrogens (tertiary/aromatic N) is 1.